The second kappa shape index (κ2) is 9.74. The van der Waals surface area contributed by atoms with Gasteiger partial charge in [-0.3, -0.25) is 9.69 Å². The molecule has 1 aliphatic rings. The summed E-state index contributed by atoms with van der Waals surface area (Å²) in [7, 11) is 0. The molecule has 1 saturated heterocycles. The van der Waals surface area contributed by atoms with Gasteiger partial charge in [0.05, 0.1) is 17.0 Å². The number of nitrogens with two attached hydrogens (primary N) is 2. The van der Waals surface area contributed by atoms with Crippen LogP contribution >= 0.6 is 11.6 Å². The van der Waals surface area contributed by atoms with Gasteiger partial charge in [-0.05, 0) is 56.1 Å². The van der Waals surface area contributed by atoms with Crippen LogP contribution in [0.3, 0.4) is 0 Å². The number of hydrogen-bond donors (Lipinski definition) is 5. The van der Waals surface area contributed by atoms with Crippen molar-refractivity contribution < 1.29 is 9.59 Å². The van der Waals surface area contributed by atoms with E-state index in [0.29, 0.717) is 54.2 Å². The summed E-state index contributed by atoms with van der Waals surface area (Å²) >= 11 is 6.12. The lowest BCUT2D eigenvalue weighted by Crippen LogP contribution is -2.61. The molecule has 7 N–H and O–H groups in total. The van der Waals surface area contributed by atoms with Gasteiger partial charge in [0.2, 0.25) is 5.91 Å². The first-order valence-electron chi connectivity index (χ1n) is 10.8. The normalized spacial score (nSPS) is 16.3. The number of anilines is 1. The van der Waals surface area contributed by atoms with Crippen LogP contribution in [0.15, 0.2) is 42.9 Å². The number of nitrogens with zero attached hydrogens (tertiary/aromatic N) is 3. The van der Waals surface area contributed by atoms with Gasteiger partial charge in [0.25, 0.3) is 0 Å². The monoisotopic (exact) mass is 470 g/mol. The van der Waals surface area contributed by atoms with E-state index in [4.69, 9.17) is 23.1 Å². The summed E-state index contributed by atoms with van der Waals surface area (Å²) in [5.74, 6) is 0.220. The first-order chi connectivity index (χ1) is 15.9. The molecule has 10 nitrogen and oxygen atoms in total. The first-order valence-corrected chi connectivity index (χ1v) is 11.2. The van der Waals surface area contributed by atoms with Crippen LogP contribution in [-0.2, 0) is 4.79 Å². The Hall–Kier alpha value is -3.21. The molecule has 1 atom stereocenters. The minimum Gasteiger partial charge on any atom is -0.352 e. The maximum Gasteiger partial charge on any atom is 0.312 e. The highest BCUT2D eigenvalue weighted by molar-refractivity contribution is 6.30. The predicted molar refractivity (Wildman–Crippen MR) is 127 cm³/mol. The van der Waals surface area contributed by atoms with E-state index < -0.39 is 17.6 Å². The molecule has 3 heterocycles. The number of aromatic nitrogens is 3. The molecule has 33 heavy (non-hydrogen) atoms. The number of hydrogen-bond acceptors (Lipinski definition) is 6. The SMILES string of the molecule is NC(=O)NCCC(c1ccc(Cl)cc1)N(C(=O)C1(N)CCNCC1)c1ncnc2[nH]ccc12. The molecular formula is C22H27ClN8O2. The maximum absolute atomic E-state index is 14.1. The van der Waals surface area contributed by atoms with Crippen molar-refractivity contribution in [3.63, 3.8) is 0 Å². The molecule has 4 rings (SSSR count). The standard InChI is InChI=1S/C22H27ClN8O2/c23-15-3-1-14(2-4-15)17(6-10-28-21(24)33)31(20(32)22(25)7-11-26-12-8-22)19-16-5-9-27-18(16)29-13-30-19/h1-5,9,13,17,26H,6-8,10-12,25H2,(H3,24,28,33)(H,27,29,30). The summed E-state index contributed by atoms with van der Waals surface area (Å²) in [5.41, 5.74) is 12.4. The van der Waals surface area contributed by atoms with E-state index in [-0.39, 0.29) is 12.5 Å². The quantitative estimate of drug-likeness (QED) is 0.354. The lowest BCUT2D eigenvalue weighted by Gasteiger charge is -2.40. The fraction of sp³-hybridized carbons (Fsp3) is 0.364. The van der Waals surface area contributed by atoms with E-state index in [1.54, 1.807) is 23.2 Å². The summed E-state index contributed by atoms with van der Waals surface area (Å²) in [4.78, 5) is 38.9. The largest absolute Gasteiger partial charge is 0.352 e. The lowest BCUT2D eigenvalue weighted by atomic mass is 9.86. The summed E-state index contributed by atoms with van der Waals surface area (Å²) in [6, 6.07) is 7.97. The second-order valence-electron chi connectivity index (χ2n) is 8.17. The number of rotatable bonds is 7. The van der Waals surface area contributed by atoms with Gasteiger partial charge in [0.1, 0.15) is 17.8 Å². The Labute approximate surface area is 196 Å². The smallest absolute Gasteiger partial charge is 0.312 e. The number of carbonyl (C=O) groups excluding carboxylic acids is 2. The number of aromatic amines is 1. The molecule has 0 aliphatic carbocycles. The van der Waals surface area contributed by atoms with Crippen LogP contribution in [0.25, 0.3) is 11.0 Å². The van der Waals surface area contributed by atoms with Crippen LogP contribution in [-0.4, -0.2) is 52.1 Å². The highest BCUT2D eigenvalue weighted by Gasteiger charge is 2.42. The number of fused-ring (bicyclic) bond motifs is 1. The number of piperidine rings is 1. The molecule has 3 amide bonds. The molecule has 3 aromatic rings. The highest BCUT2D eigenvalue weighted by atomic mass is 35.5. The molecule has 1 fully saturated rings. The molecule has 2 aromatic heterocycles. The van der Waals surface area contributed by atoms with Gasteiger partial charge < -0.3 is 27.1 Å². The zero-order valence-electron chi connectivity index (χ0n) is 18.1. The number of urea groups is 1. The molecule has 1 aliphatic heterocycles. The summed E-state index contributed by atoms with van der Waals surface area (Å²) in [5, 5.41) is 7.15. The van der Waals surface area contributed by atoms with Crippen LogP contribution in [0.5, 0.6) is 0 Å². The average molecular weight is 471 g/mol. The maximum atomic E-state index is 14.1. The molecule has 1 unspecified atom stereocenters. The van der Waals surface area contributed by atoms with Crippen molar-refractivity contribution >= 4 is 40.4 Å². The number of nitrogens with one attached hydrogen (secondary N) is 3. The first kappa shape index (κ1) is 23.0. The molecule has 0 bridgehead atoms. The van der Waals surface area contributed by atoms with Gasteiger partial charge >= 0.3 is 6.03 Å². The zero-order chi connectivity index (χ0) is 23.4. The third kappa shape index (κ3) is 4.92. The van der Waals surface area contributed by atoms with Crippen LogP contribution in [0.4, 0.5) is 10.6 Å². The topological polar surface area (TPSA) is 155 Å². The molecule has 0 saturated carbocycles. The van der Waals surface area contributed by atoms with E-state index in [1.165, 1.54) is 6.33 Å². The Balaban J connectivity index is 1.83. The van der Waals surface area contributed by atoms with Crippen molar-refractivity contribution in [3.8, 4) is 0 Å². The van der Waals surface area contributed by atoms with Gasteiger partial charge in [-0.2, -0.15) is 0 Å². The van der Waals surface area contributed by atoms with Gasteiger partial charge in [-0.25, -0.2) is 14.8 Å². The van der Waals surface area contributed by atoms with Crippen molar-refractivity contribution in [3.05, 3.63) is 53.4 Å². The third-order valence-corrected chi connectivity index (χ3v) is 6.24. The zero-order valence-corrected chi connectivity index (χ0v) is 18.8. The highest BCUT2D eigenvalue weighted by Crippen LogP contribution is 2.36. The third-order valence-electron chi connectivity index (χ3n) is 5.99. The molecule has 174 valence electrons. The van der Waals surface area contributed by atoms with E-state index in [0.717, 1.165) is 5.56 Å². The number of halogens is 1. The van der Waals surface area contributed by atoms with Crippen molar-refractivity contribution in [1.29, 1.82) is 0 Å². The minimum absolute atomic E-state index is 0.232. The van der Waals surface area contributed by atoms with Crippen molar-refractivity contribution in [2.75, 3.05) is 24.5 Å². The number of H-pyrrole nitrogens is 1. The van der Waals surface area contributed by atoms with Gasteiger partial charge in [0.15, 0.2) is 0 Å². The summed E-state index contributed by atoms with van der Waals surface area (Å²) < 4.78 is 0. The van der Waals surface area contributed by atoms with E-state index in [9.17, 15) is 9.59 Å². The fourth-order valence-corrected chi connectivity index (χ4v) is 4.35. The molecular weight excluding hydrogens is 444 g/mol. The minimum atomic E-state index is -1.05. The Morgan fingerprint density at radius 3 is 2.61 bits per heavy atom. The van der Waals surface area contributed by atoms with Crippen LogP contribution < -0.4 is 27.0 Å². The number of benzene rings is 1. The Kier molecular flexibility index (Phi) is 6.77. The second-order valence-corrected chi connectivity index (χ2v) is 8.60. The van der Waals surface area contributed by atoms with E-state index in [2.05, 4.69) is 25.6 Å². The Bertz CT molecular complexity index is 1130. The number of amides is 3. The molecule has 0 radical (unpaired) electrons. The van der Waals surface area contributed by atoms with Crippen molar-refractivity contribution in [2.45, 2.75) is 30.8 Å². The Morgan fingerprint density at radius 1 is 1.18 bits per heavy atom. The van der Waals surface area contributed by atoms with Gasteiger partial charge in [-0.1, -0.05) is 23.7 Å². The van der Waals surface area contributed by atoms with Crippen LogP contribution in [0.1, 0.15) is 30.9 Å². The predicted octanol–water partition coefficient (Wildman–Crippen LogP) is 1.82. The summed E-state index contributed by atoms with van der Waals surface area (Å²) in [6.07, 6.45) is 4.55. The van der Waals surface area contributed by atoms with Gasteiger partial charge in [-0.15, -0.1) is 0 Å². The van der Waals surface area contributed by atoms with E-state index in [1.807, 2.05) is 18.2 Å². The van der Waals surface area contributed by atoms with Crippen molar-refractivity contribution in [2.24, 2.45) is 11.5 Å². The number of carbonyl (C=O) groups is 2. The van der Waals surface area contributed by atoms with Gasteiger partial charge in [0, 0.05) is 17.8 Å². The Morgan fingerprint density at radius 2 is 1.91 bits per heavy atom. The fourth-order valence-electron chi connectivity index (χ4n) is 4.22. The molecule has 11 heteroatoms. The van der Waals surface area contributed by atoms with Crippen LogP contribution in [0.2, 0.25) is 5.02 Å². The summed E-state index contributed by atoms with van der Waals surface area (Å²) in [6.45, 7) is 1.55. The van der Waals surface area contributed by atoms with Crippen molar-refractivity contribution in [1.82, 2.24) is 25.6 Å². The van der Waals surface area contributed by atoms with Crippen LogP contribution in [0, 0.1) is 0 Å². The molecule has 1 aromatic carbocycles. The van der Waals surface area contributed by atoms with E-state index >= 15 is 0 Å². The number of primary amides is 1. The average Bonchev–Trinajstić information content (AvgIpc) is 3.29. The molecule has 0 spiro atoms. The lowest BCUT2D eigenvalue weighted by molar-refractivity contribution is -0.125.